The van der Waals surface area contributed by atoms with Crippen LogP contribution in [0.3, 0.4) is 0 Å². The average Bonchev–Trinajstić information content (AvgIpc) is 3.30. The SMILES string of the molecule is CC/C=C\C/C=C\C/C=C\CCCCCCCCCC(=O)OCC(COC(=O)CCCCCCCCCCCCCCCCC)OC(=O)CCCCCCC/C=C\CCCCCCCC. The molecule has 0 spiro atoms. The Morgan fingerprint density at radius 1 is 0.323 bits per heavy atom. The maximum Gasteiger partial charge on any atom is 0.306 e. The predicted octanol–water partition coefficient (Wildman–Crippen LogP) is 18.7. The van der Waals surface area contributed by atoms with E-state index in [0.29, 0.717) is 19.3 Å². The average molecular weight is 911 g/mol. The van der Waals surface area contributed by atoms with Gasteiger partial charge in [0.2, 0.25) is 0 Å². The number of unbranched alkanes of at least 4 members (excludes halogenated alkanes) is 32. The number of hydrogen-bond donors (Lipinski definition) is 0. The molecule has 6 nitrogen and oxygen atoms in total. The summed E-state index contributed by atoms with van der Waals surface area (Å²) in [6.45, 7) is 6.54. The minimum Gasteiger partial charge on any atom is -0.462 e. The summed E-state index contributed by atoms with van der Waals surface area (Å²) in [7, 11) is 0. The molecule has 65 heavy (non-hydrogen) atoms. The van der Waals surface area contributed by atoms with Gasteiger partial charge in [-0.05, 0) is 77.0 Å². The van der Waals surface area contributed by atoms with Crippen LogP contribution in [-0.4, -0.2) is 37.2 Å². The highest BCUT2D eigenvalue weighted by Gasteiger charge is 2.19. The fourth-order valence-electron chi connectivity index (χ4n) is 8.10. The molecule has 0 amide bonds. The molecule has 0 rings (SSSR count). The monoisotopic (exact) mass is 911 g/mol. The Kier molecular flexibility index (Phi) is 51.8. The Morgan fingerprint density at radius 3 is 0.954 bits per heavy atom. The molecule has 0 aromatic heterocycles. The summed E-state index contributed by atoms with van der Waals surface area (Å²) in [4.78, 5) is 38.1. The third kappa shape index (κ3) is 52.2. The van der Waals surface area contributed by atoms with E-state index >= 15 is 0 Å². The van der Waals surface area contributed by atoms with E-state index in [0.717, 1.165) is 89.9 Å². The molecule has 0 aromatic rings. The second-order valence-electron chi connectivity index (χ2n) is 18.8. The van der Waals surface area contributed by atoms with Crippen LogP contribution in [-0.2, 0) is 28.6 Å². The van der Waals surface area contributed by atoms with Crippen LogP contribution in [0.15, 0.2) is 48.6 Å². The molecule has 6 heteroatoms. The van der Waals surface area contributed by atoms with E-state index in [1.165, 1.54) is 161 Å². The summed E-state index contributed by atoms with van der Waals surface area (Å²) in [5.74, 6) is -0.882. The van der Waals surface area contributed by atoms with Crippen LogP contribution in [0.4, 0.5) is 0 Å². The lowest BCUT2D eigenvalue weighted by atomic mass is 10.0. The van der Waals surface area contributed by atoms with E-state index in [9.17, 15) is 14.4 Å². The zero-order chi connectivity index (χ0) is 47.2. The van der Waals surface area contributed by atoms with Gasteiger partial charge in [-0.15, -0.1) is 0 Å². The van der Waals surface area contributed by atoms with Crippen molar-refractivity contribution in [2.24, 2.45) is 0 Å². The first-order valence-corrected chi connectivity index (χ1v) is 28.1. The van der Waals surface area contributed by atoms with E-state index in [1.807, 2.05) is 0 Å². The zero-order valence-corrected chi connectivity index (χ0v) is 43.3. The second kappa shape index (κ2) is 54.0. The Bertz CT molecular complexity index is 1140. The van der Waals surface area contributed by atoms with Gasteiger partial charge in [-0.1, -0.05) is 243 Å². The van der Waals surface area contributed by atoms with Gasteiger partial charge in [0.1, 0.15) is 13.2 Å². The van der Waals surface area contributed by atoms with Gasteiger partial charge in [-0.3, -0.25) is 14.4 Å². The standard InChI is InChI=1S/C59H106O6/c1-4-7-10-13-16-19-22-25-28-29-32-34-37-40-43-46-49-52-58(61)64-55-56(65-59(62)53-50-47-44-41-38-35-31-27-24-21-18-15-12-9-6-3)54-63-57(60)51-48-45-42-39-36-33-30-26-23-20-17-14-11-8-5-2/h7,10,16,19,25,27-28,31,56H,4-6,8-9,11-15,17-18,20-24,26,29-30,32-55H2,1-3H3/b10-7-,19-16-,28-25-,31-27-. The second-order valence-corrected chi connectivity index (χ2v) is 18.8. The van der Waals surface area contributed by atoms with Crippen molar-refractivity contribution in [1.82, 2.24) is 0 Å². The van der Waals surface area contributed by atoms with E-state index in [1.54, 1.807) is 0 Å². The van der Waals surface area contributed by atoms with Crippen LogP contribution >= 0.6 is 0 Å². The number of carbonyl (C=O) groups excluding carboxylic acids is 3. The number of rotatable bonds is 51. The summed E-state index contributed by atoms with van der Waals surface area (Å²) in [6, 6.07) is 0. The lowest BCUT2D eigenvalue weighted by molar-refractivity contribution is -0.167. The highest BCUT2D eigenvalue weighted by atomic mass is 16.6. The summed E-state index contributed by atoms with van der Waals surface area (Å²) in [5, 5.41) is 0. The smallest absolute Gasteiger partial charge is 0.306 e. The third-order valence-corrected chi connectivity index (χ3v) is 12.3. The van der Waals surface area contributed by atoms with E-state index in [4.69, 9.17) is 14.2 Å². The molecule has 0 heterocycles. The molecule has 0 radical (unpaired) electrons. The van der Waals surface area contributed by atoms with Gasteiger partial charge in [0, 0.05) is 19.3 Å². The van der Waals surface area contributed by atoms with Crippen molar-refractivity contribution in [3.63, 3.8) is 0 Å². The van der Waals surface area contributed by atoms with Gasteiger partial charge < -0.3 is 14.2 Å². The van der Waals surface area contributed by atoms with E-state index < -0.39 is 6.10 Å². The Hall–Kier alpha value is -2.63. The molecular weight excluding hydrogens is 805 g/mol. The topological polar surface area (TPSA) is 78.9 Å². The molecule has 0 fully saturated rings. The highest BCUT2D eigenvalue weighted by Crippen LogP contribution is 2.16. The molecule has 0 saturated heterocycles. The van der Waals surface area contributed by atoms with Crippen molar-refractivity contribution >= 4 is 17.9 Å². The van der Waals surface area contributed by atoms with Gasteiger partial charge in [0.15, 0.2) is 6.10 Å². The predicted molar refractivity (Wildman–Crippen MR) is 279 cm³/mol. The Balaban J connectivity index is 4.37. The maximum atomic E-state index is 12.8. The highest BCUT2D eigenvalue weighted by molar-refractivity contribution is 5.71. The summed E-state index contributed by atoms with van der Waals surface area (Å²) in [6.07, 6.45) is 65.2. The van der Waals surface area contributed by atoms with Gasteiger partial charge in [-0.2, -0.15) is 0 Å². The third-order valence-electron chi connectivity index (χ3n) is 12.3. The molecule has 0 aromatic carbocycles. The lowest BCUT2D eigenvalue weighted by Crippen LogP contribution is -2.30. The minimum absolute atomic E-state index is 0.0766. The first-order valence-electron chi connectivity index (χ1n) is 28.1. The van der Waals surface area contributed by atoms with Crippen LogP contribution < -0.4 is 0 Å². The van der Waals surface area contributed by atoms with Crippen molar-refractivity contribution in [1.29, 1.82) is 0 Å². The van der Waals surface area contributed by atoms with Crippen LogP contribution in [0.2, 0.25) is 0 Å². The molecule has 378 valence electrons. The lowest BCUT2D eigenvalue weighted by Gasteiger charge is -2.18. The molecule has 1 unspecified atom stereocenters. The fraction of sp³-hybridized carbons (Fsp3) is 0.814. The van der Waals surface area contributed by atoms with Gasteiger partial charge in [-0.25, -0.2) is 0 Å². The Labute approximate surface area is 403 Å². The number of carbonyl (C=O) groups is 3. The van der Waals surface area contributed by atoms with Crippen LogP contribution in [0.1, 0.15) is 290 Å². The molecule has 0 saturated carbocycles. The number of ether oxygens (including phenoxy) is 3. The van der Waals surface area contributed by atoms with E-state index in [2.05, 4.69) is 69.4 Å². The summed E-state index contributed by atoms with van der Waals surface area (Å²) in [5.41, 5.74) is 0. The Morgan fingerprint density at radius 2 is 0.600 bits per heavy atom. The number of hydrogen-bond acceptors (Lipinski definition) is 6. The molecule has 0 aliphatic heterocycles. The van der Waals surface area contributed by atoms with E-state index in [-0.39, 0.29) is 31.1 Å². The summed E-state index contributed by atoms with van der Waals surface area (Å²) < 4.78 is 16.9. The van der Waals surface area contributed by atoms with Crippen LogP contribution in [0, 0.1) is 0 Å². The molecule has 0 bridgehead atoms. The summed E-state index contributed by atoms with van der Waals surface area (Å²) >= 11 is 0. The largest absolute Gasteiger partial charge is 0.462 e. The normalized spacial score (nSPS) is 12.4. The van der Waals surface area contributed by atoms with Gasteiger partial charge in [0.25, 0.3) is 0 Å². The van der Waals surface area contributed by atoms with Crippen molar-refractivity contribution in [3.05, 3.63) is 48.6 Å². The van der Waals surface area contributed by atoms with Crippen molar-refractivity contribution in [3.8, 4) is 0 Å². The first-order chi connectivity index (χ1) is 32.0. The van der Waals surface area contributed by atoms with Gasteiger partial charge >= 0.3 is 17.9 Å². The minimum atomic E-state index is -0.779. The first kappa shape index (κ1) is 62.4. The van der Waals surface area contributed by atoms with Crippen LogP contribution in [0.5, 0.6) is 0 Å². The van der Waals surface area contributed by atoms with Gasteiger partial charge in [0.05, 0.1) is 0 Å². The number of allylic oxidation sites excluding steroid dienone is 8. The zero-order valence-electron chi connectivity index (χ0n) is 43.3. The molecule has 0 N–H and O–H groups in total. The number of esters is 3. The fourth-order valence-corrected chi connectivity index (χ4v) is 8.10. The molecule has 1 atom stereocenters. The van der Waals surface area contributed by atoms with Crippen molar-refractivity contribution in [2.45, 2.75) is 297 Å². The molecule has 0 aliphatic carbocycles. The van der Waals surface area contributed by atoms with Crippen molar-refractivity contribution < 1.29 is 28.6 Å². The molecule has 0 aliphatic rings. The van der Waals surface area contributed by atoms with Crippen LogP contribution in [0.25, 0.3) is 0 Å². The maximum absolute atomic E-state index is 12.8. The molecular formula is C59H106O6. The quantitative estimate of drug-likeness (QED) is 0.0262. The van der Waals surface area contributed by atoms with Crippen molar-refractivity contribution in [2.75, 3.05) is 13.2 Å².